The number of thiazole rings is 1. The third kappa shape index (κ3) is 2.78. The zero-order valence-electron chi connectivity index (χ0n) is 10.4. The van der Waals surface area contributed by atoms with Crippen LogP contribution in [-0.4, -0.2) is 17.8 Å². The summed E-state index contributed by atoms with van der Waals surface area (Å²) in [6.07, 6.45) is 1.63. The minimum absolute atomic E-state index is 0.0103. The van der Waals surface area contributed by atoms with Crippen LogP contribution in [0.25, 0.3) is 4.96 Å². The van der Waals surface area contributed by atoms with E-state index in [4.69, 9.17) is 17.4 Å². The monoisotopic (exact) mass is 363 g/mol. The van der Waals surface area contributed by atoms with Gasteiger partial charge in [0.25, 0.3) is 10.0 Å². The minimum atomic E-state index is -3.77. The van der Waals surface area contributed by atoms with Crippen LogP contribution in [0.15, 0.2) is 28.7 Å². The Morgan fingerprint density at radius 3 is 2.90 bits per heavy atom. The van der Waals surface area contributed by atoms with Crippen molar-refractivity contribution in [3.8, 4) is 0 Å². The maximum absolute atomic E-state index is 12.5. The van der Waals surface area contributed by atoms with Gasteiger partial charge in [-0.2, -0.15) is 4.98 Å². The standard InChI is InChI=1S/C10H10ClN5O2S3/c11-7-2-1-6(20-7)5-13-21(17,18)9-8(15-12)14-10-16(9)3-4-19-10/h1-4,13,15H,5,12H2. The molecule has 4 N–H and O–H groups in total. The molecule has 0 saturated carbocycles. The second kappa shape index (κ2) is 5.55. The Kier molecular flexibility index (Phi) is 3.90. The normalized spacial score (nSPS) is 12.1. The molecule has 0 radical (unpaired) electrons. The van der Waals surface area contributed by atoms with Gasteiger partial charge in [0.15, 0.2) is 10.8 Å². The predicted octanol–water partition coefficient (Wildman–Crippen LogP) is 1.87. The van der Waals surface area contributed by atoms with E-state index >= 15 is 0 Å². The highest BCUT2D eigenvalue weighted by atomic mass is 35.5. The van der Waals surface area contributed by atoms with Gasteiger partial charge in [0, 0.05) is 23.0 Å². The number of nitrogens with two attached hydrogens (primary N) is 1. The maximum Gasteiger partial charge on any atom is 0.260 e. The van der Waals surface area contributed by atoms with E-state index in [0.29, 0.717) is 9.30 Å². The van der Waals surface area contributed by atoms with E-state index in [1.807, 2.05) is 0 Å². The molecule has 0 aliphatic heterocycles. The number of fused-ring (bicyclic) bond motifs is 1. The van der Waals surface area contributed by atoms with E-state index < -0.39 is 10.0 Å². The summed E-state index contributed by atoms with van der Waals surface area (Å²) >= 11 is 8.46. The summed E-state index contributed by atoms with van der Waals surface area (Å²) in [4.78, 5) is 5.48. The van der Waals surface area contributed by atoms with Gasteiger partial charge in [0.2, 0.25) is 5.03 Å². The van der Waals surface area contributed by atoms with Crippen molar-refractivity contribution in [2.24, 2.45) is 5.84 Å². The van der Waals surface area contributed by atoms with Crippen LogP contribution in [0.1, 0.15) is 4.88 Å². The first-order chi connectivity index (χ1) is 10.0. The second-order valence-electron chi connectivity index (χ2n) is 4.00. The molecule has 3 rings (SSSR count). The van der Waals surface area contributed by atoms with Crippen LogP contribution >= 0.6 is 34.3 Å². The van der Waals surface area contributed by atoms with E-state index in [-0.39, 0.29) is 17.4 Å². The van der Waals surface area contributed by atoms with Crippen molar-refractivity contribution >= 4 is 55.1 Å². The van der Waals surface area contributed by atoms with Crippen molar-refractivity contribution in [2.45, 2.75) is 11.6 Å². The average Bonchev–Trinajstić information content (AvgIpc) is 3.10. The fourth-order valence-corrected chi connectivity index (χ4v) is 4.94. The summed E-state index contributed by atoms with van der Waals surface area (Å²) in [7, 11) is -3.77. The van der Waals surface area contributed by atoms with Crippen molar-refractivity contribution in [3.05, 3.63) is 32.9 Å². The summed E-state index contributed by atoms with van der Waals surface area (Å²) in [5.74, 6) is 5.46. The first-order valence-corrected chi connectivity index (χ1v) is 9.23. The molecule has 0 aliphatic rings. The fraction of sp³-hybridized carbons (Fsp3) is 0.100. The molecule has 0 aromatic carbocycles. The number of anilines is 1. The smallest absolute Gasteiger partial charge is 0.260 e. The van der Waals surface area contributed by atoms with Gasteiger partial charge < -0.3 is 5.43 Å². The van der Waals surface area contributed by atoms with E-state index in [1.54, 1.807) is 23.7 Å². The second-order valence-corrected chi connectivity index (χ2v) is 8.35. The van der Waals surface area contributed by atoms with Crippen LogP contribution in [0, 0.1) is 0 Å². The molecular formula is C10H10ClN5O2S3. The molecule has 0 unspecified atom stereocenters. The van der Waals surface area contributed by atoms with Crippen LogP contribution < -0.4 is 16.0 Å². The van der Waals surface area contributed by atoms with Crippen molar-refractivity contribution in [3.63, 3.8) is 0 Å². The van der Waals surface area contributed by atoms with E-state index in [9.17, 15) is 8.42 Å². The van der Waals surface area contributed by atoms with Gasteiger partial charge in [-0.05, 0) is 12.1 Å². The number of hydrogen-bond acceptors (Lipinski definition) is 7. The third-order valence-electron chi connectivity index (χ3n) is 2.67. The SMILES string of the molecule is NNc1nc2sccn2c1S(=O)(=O)NCc1ccc(Cl)s1. The van der Waals surface area contributed by atoms with Crippen molar-refractivity contribution < 1.29 is 8.42 Å². The van der Waals surface area contributed by atoms with Crippen LogP contribution in [0.4, 0.5) is 5.82 Å². The highest BCUT2D eigenvalue weighted by Crippen LogP contribution is 2.26. The van der Waals surface area contributed by atoms with Gasteiger partial charge in [-0.1, -0.05) is 11.6 Å². The van der Waals surface area contributed by atoms with Gasteiger partial charge >= 0.3 is 0 Å². The highest BCUT2D eigenvalue weighted by Gasteiger charge is 2.25. The first-order valence-electron chi connectivity index (χ1n) is 5.67. The summed E-state index contributed by atoms with van der Waals surface area (Å²) in [6.45, 7) is 0.154. The number of sulfonamides is 1. The van der Waals surface area contributed by atoms with Crippen molar-refractivity contribution in [2.75, 3.05) is 5.43 Å². The first kappa shape index (κ1) is 14.8. The topological polar surface area (TPSA) is 102 Å². The Bertz CT molecular complexity index is 882. The highest BCUT2D eigenvalue weighted by molar-refractivity contribution is 7.89. The van der Waals surface area contributed by atoms with E-state index in [0.717, 1.165) is 4.88 Å². The molecule has 112 valence electrons. The number of rotatable bonds is 5. The number of nitrogen functional groups attached to an aromatic ring is 1. The van der Waals surface area contributed by atoms with Gasteiger partial charge in [0.05, 0.1) is 4.34 Å². The number of halogens is 1. The molecule has 21 heavy (non-hydrogen) atoms. The van der Waals surface area contributed by atoms with E-state index in [2.05, 4.69) is 15.1 Å². The number of hydrogen-bond donors (Lipinski definition) is 3. The minimum Gasteiger partial charge on any atom is -0.306 e. The Hall–Kier alpha value is -1.17. The molecule has 0 aliphatic carbocycles. The van der Waals surface area contributed by atoms with Crippen LogP contribution in [0.2, 0.25) is 4.34 Å². The summed E-state index contributed by atoms with van der Waals surface area (Å²) in [6, 6.07) is 3.49. The molecule has 0 atom stereocenters. The molecule has 3 aromatic rings. The average molecular weight is 364 g/mol. The van der Waals surface area contributed by atoms with Gasteiger partial charge in [-0.25, -0.2) is 19.0 Å². The molecule has 0 amide bonds. The van der Waals surface area contributed by atoms with Crippen LogP contribution in [0.3, 0.4) is 0 Å². The lowest BCUT2D eigenvalue weighted by Crippen LogP contribution is -2.25. The molecule has 7 nitrogen and oxygen atoms in total. The number of hydrazine groups is 1. The van der Waals surface area contributed by atoms with Crippen LogP contribution in [-0.2, 0) is 16.6 Å². The molecule has 0 bridgehead atoms. The molecular weight excluding hydrogens is 354 g/mol. The van der Waals surface area contributed by atoms with Crippen LogP contribution in [0.5, 0.6) is 0 Å². The number of imidazole rings is 1. The van der Waals surface area contributed by atoms with Crippen molar-refractivity contribution in [1.29, 1.82) is 0 Å². The number of nitrogens with one attached hydrogen (secondary N) is 2. The number of nitrogens with zero attached hydrogens (tertiary/aromatic N) is 2. The summed E-state index contributed by atoms with van der Waals surface area (Å²) in [5, 5.41) is 1.74. The Balaban J connectivity index is 1.94. The summed E-state index contributed by atoms with van der Waals surface area (Å²) < 4.78 is 29.6. The molecule has 0 spiro atoms. The Morgan fingerprint density at radius 1 is 1.43 bits per heavy atom. The quantitative estimate of drug-likeness (QED) is 0.474. The molecule has 11 heteroatoms. The molecule has 0 fully saturated rings. The Morgan fingerprint density at radius 2 is 2.24 bits per heavy atom. The molecule has 3 heterocycles. The summed E-state index contributed by atoms with van der Waals surface area (Å²) in [5.41, 5.74) is 2.32. The van der Waals surface area contributed by atoms with Gasteiger partial charge in [-0.3, -0.25) is 4.40 Å². The van der Waals surface area contributed by atoms with Gasteiger partial charge in [0.1, 0.15) is 0 Å². The maximum atomic E-state index is 12.5. The lowest BCUT2D eigenvalue weighted by molar-refractivity contribution is 0.577. The van der Waals surface area contributed by atoms with Crippen molar-refractivity contribution in [1.82, 2.24) is 14.1 Å². The van der Waals surface area contributed by atoms with E-state index in [1.165, 1.54) is 27.1 Å². The van der Waals surface area contributed by atoms with Gasteiger partial charge in [-0.15, -0.1) is 22.7 Å². The molecule has 3 aromatic heterocycles. The zero-order chi connectivity index (χ0) is 15.0. The lowest BCUT2D eigenvalue weighted by Gasteiger charge is -2.06. The Labute approximate surface area is 133 Å². The predicted molar refractivity (Wildman–Crippen MR) is 84.2 cm³/mol. The lowest BCUT2D eigenvalue weighted by atomic mass is 10.5. The fourth-order valence-electron chi connectivity index (χ4n) is 1.80. The molecule has 0 saturated heterocycles. The number of thiophene rings is 1. The number of aromatic nitrogens is 2. The third-order valence-corrected chi connectivity index (χ3v) is 6.09. The zero-order valence-corrected chi connectivity index (χ0v) is 13.6. The largest absolute Gasteiger partial charge is 0.306 e.